The van der Waals surface area contributed by atoms with Crippen LogP contribution >= 0.6 is 11.6 Å². The number of nitrogens with one attached hydrogen (secondary N) is 1. The molecule has 38 heavy (non-hydrogen) atoms. The Morgan fingerprint density at radius 2 is 1.55 bits per heavy atom. The van der Waals surface area contributed by atoms with Crippen LogP contribution in [0.5, 0.6) is 0 Å². The summed E-state index contributed by atoms with van der Waals surface area (Å²) in [6.07, 6.45) is 2.09. The lowest BCUT2D eigenvalue weighted by molar-refractivity contribution is -0.140. The lowest BCUT2D eigenvalue weighted by atomic mass is 10.0. The minimum atomic E-state index is -3.79. The van der Waals surface area contributed by atoms with E-state index in [0.29, 0.717) is 17.3 Å². The Morgan fingerprint density at radius 3 is 2.13 bits per heavy atom. The van der Waals surface area contributed by atoms with Gasteiger partial charge < -0.3 is 10.2 Å². The first-order valence-corrected chi connectivity index (χ1v) is 14.7. The number of hydrogen-bond donors (Lipinski definition) is 1. The van der Waals surface area contributed by atoms with Crippen LogP contribution in [-0.2, 0) is 32.6 Å². The molecule has 0 aliphatic rings. The fraction of sp³-hybridized carbons (Fsp3) is 0.310. The van der Waals surface area contributed by atoms with E-state index >= 15 is 0 Å². The van der Waals surface area contributed by atoms with Crippen LogP contribution in [0.15, 0.2) is 78.9 Å². The van der Waals surface area contributed by atoms with E-state index in [-0.39, 0.29) is 18.9 Å². The van der Waals surface area contributed by atoms with Crippen molar-refractivity contribution < 1.29 is 18.0 Å². The molecule has 0 aromatic heterocycles. The molecule has 1 unspecified atom stereocenters. The largest absolute Gasteiger partial charge is 0.354 e. The van der Waals surface area contributed by atoms with Crippen LogP contribution < -0.4 is 9.62 Å². The van der Waals surface area contributed by atoms with Crippen LogP contribution in [-0.4, -0.2) is 50.5 Å². The summed E-state index contributed by atoms with van der Waals surface area (Å²) in [4.78, 5) is 28.8. The third-order valence-electron chi connectivity index (χ3n) is 6.09. The molecule has 1 N–H and O–H groups in total. The fourth-order valence-corrected chi connectivity index (χ4v) is 5.01. The van der Waals surface area contributed by atoms with Gasteiger partial charge in [0.15, 0.2) is 0 Å². The number of aryl methyl sites for hydroxylation is 1. The highest BCUT2D eigenvalue weighted by Gasteiger charge is 2.32. The number of amides is 2. The summed E-state index contributed by atoms with van der Waals surface area (Å²) >= 11 is 6.07. The zero-order chi connectivity index (χ0) is 27.7. The predicted molar refractivity (Wildman–Crippen MR) is 153 cm³/mol. The molecule has 0 saturated carbocycles. The molecule has 0 aliphatic heterocycles. The van der Waals surface area contributed by atoms with Crippen molar-refractivity contribution in [1.29, 1.82) is 0 Å². The standard InChI is InChI=1S/C29H34ClN3O4S/c1-4-18-31-29(35)27(19-23-8-6-5-7-9-23)32(20-24-12-14-25(30)15-13-24)28(34)21-33(38(3,36)37)26-16-10-22(2)11-17-26/h5-17,27H,4,18-21H2,1-3H3,(H,31,35). The van der Waals surface area contributed by atoms with E-state index in [9.17, 15) is 18.0 Å². The van der Waals surface area contributed by atoms with Crippen LogP contribution in [0, 0.1) is 6.92 Å². The molecular formula is C29H34ClN3O4S. The lowest BCUT2D eigenvalue weighted by Crippen LogP contribution is -2.53. The summed E-state index contributed by atoms with van der Waals surface area (Å²) in [6.45, 7) is 3.98. The topological polar surface area (TPSA) is 86.8 Å². The molecule has 0 bridgehead atoms. The normalized spacial score (nSPS) is 12.0. The molecule has 202 valence electrons. The number of hydrogen-bond acceptors (Lipinski definition) is 4. The van der Waals surface area contributed by atoms with Gasteiger partial charge in [-0.15, -0.1) is 0 Å². The summed E-state index contributed by atoms with van der Waals surface area (Å²) in [6, 6.07) is 22.5. The third kappa shape index (κ3) is 8.33. The Kier molecular flexibility index (Phi) is 10.3. The number of nitrogens with zero attached hydrogens (tertiary/aromatic N) is 2. The molecule has 2 amide bonds. The molecule has 3 aromatic rings. The summed E-state index contributed by atoms with van der Waals surface area (Å²) in [5.41, 5.74) is 3.00. The lowest BCUT2D eigenvalue weighted by Gasteiger charge is -2.33. The minimum absolute atomic E-state index is 0.110. The van der Waals surface area contributed by atoms with Gasteiger partial charge in [-0.1, -0.05) is 78.7 Å². The second kappa shape index (κ2) is 13.4. The van der Waals surface area contributed by atoms with Crippen molar-refractivity contribution in [3.8, 4) is 0 Å². The van der Waals surface area contributed by atoms with Crippen molar-refractivity contribution in [3.05, 3.63) is 101 Å². The molecule has 7 nitrogen and oxygen atoms in total. The predicted octanol–water partition coefficient (Wildman–Crippen LogP) is 4.58. The maximum Gasteiger partial charge on any atom is 0.244 e. The average Bonchev–Trinajstić information content (AvgIpc) is 2.89. The first-order valence-electron chi connectivity index (χ1n) is 12.5. The number of sulfonamides is 1. The van der Waals surface area contributed by atoms with Gasteiger partial charge in [-0.25, -0.2) is 8.42 Å². The quantitative estimate of drug-likeness (QED) is 0.354. The van der Waals surface area contributed by atoms with Crippen LogP contribution in [0.25, 0.3) is 0 Å². The van der Waals surface area contributed by atoms with Crippen molar-refractivity contribution in [2.45, 2.75) is 39.3 Å². The van der Waals surface area contributed by atoms with E-state index in [4.69, 9.17) is 11.6 Å². The molecule has 0 spiro atoms. The van der Waals surface area contributed by atoms with Crippen LogP contribution in [0.1, 0.15) is 30.0 Å². The van der Waals surface area contributed by atoms with Crippen molar-refractivity contribution in [1.82, 2.24) is 10.2 Å². The molecule has 0 radical (unpaired) electrons. The monoisotopic (exact) mass is 555 g/mol. The van der Waals surface area contributed by atoms with Gasteiger partial charge in [0.1, 0.15) is 12.6 Å². The molecule has 0 heterocycles. The van der Waals surface area contributed by atoms with Gasteiger partial charge in [-0.2, -0.15) is 0 Å². The van der Waals surface area contributed by atoms with E-state index in [1.54, 1.807) is 48.5 Å². The van der Waals surface area contributed by atoms with E-state index in [2.05, 4.69) is 5.32 Å². The van der Waals surface area contributed by atoms with Crippen LogP contribution in [0.4, 0.5) is 5.69 Å². The second-order valence-electron chi connectivity index (χ2n) is 9.25. The Morgan fingerprint density at radius 1 is 0.921 bits per heavy atom. The van der Waals surface area contributed by atoms with Crippen LogP contribution in [0.3, 0.4) is 0 Å². The van der Waals surface area contributed by atoms with E-state index in [0.717, 1.165) is 33.7 Å². The van der Waals surface area contributed by atoms with Crippen LogP contribution in [0.2, 0.25) is 5.02 Å². The van der Waals surface area contributed by atoms with Gasteiger partial charge in [0.05, 0.1) is 11.9 Å². The van der Waals surface area contributed by atoms with Gasteiger partial charge in [-0.3, -0.25) is 13.9 Å². The summed E-state index contributed by atoms with van der Waals surface area (Å²) in [5.74, 6) is -0.780. The molecule has 9 heteroatoms. The van der Waals surface area contributed by atoms with Crippen molar-refractivity contribution >= 4 is 39.1 Å². The molecular weight excluding hydrogens is 522 g/mol. The van der Waals surface area contributed by atoms with Crippen molar-refractivity contribution in [2.75, 3.05) is 23.7 Å². The molecule has 1 atom stereocenters. The maximum atomic E-state index is 13.9. The number of halogens is 1. The number of carbonyl (C=O) groups excluding carboxylic acids is 2. The minimum Gasteiger partial charge on any atom is -0.354 e. The zero-order valence-corrected chi connectivity index (χ0v) is 23.5. The van der Waals surface area contributed by atoms with E-state index < -0.39 is 28.5 Å². The van der Waals surface area contributed by atoms with E-state index in [1.807, 2.05) is 44.2 Å². The van der Waals surface area contributed by atoms with Gasteiger partial charge in [-0.05, 0) is 48.7 Å². The highest BCUT2D eigenvalue weighted by Crippen LogP contribution is 2.21. The Hall–Kier alpha value is -3.36. The molecule has 3 aromatic carbocycles. The fourth-order valence-electron chi connectivity index (χ4n) is 4.03. The van der Waals surface area contributed by atoms with E-state index in [1.165, 1.54) is 4.90 Å². The Balaban J connectivity index is 2.02. The second-order valence-corrected chi connectivity index (χ2v) is 11.6. The Labute approximate surface area is 230 Å². The third-order valence-corrected chi connectivity index (χ3v) is 7.48. The van der Waals surface area contributed by atoms with Gasteiger partial charge in [0.2, 0.25) is 21.8 Å². The first-order chi connectivity index (χ1) is 18.1. The molecule has 0 aliphatic carbocycles. The highest BCUT2D eigenvalue weighted by molar-refractivity contribution is 7.92. The molecule has 0 saturated heterocycles. The number of anilines is 1. The number of benzene rings is 3. The smallest absolute Gasteiger partial charge is 0.244 e. The zero-order valence-electron chi connectivity index (χ0n) is 21.9. The molecule has 3 rings (SSSR count). The van der Waals surface area contributed by atoms with Gasteiger partial charge in [0.25, 0.3) is 0 Å². The Bertz CT molecular complexity index is 1310. The van der Waals surface area contributed by atoms with Gasteiger partial charge in [0, 0.05) is 24.5 Å². The van der Waals surface area contributed by atoms with Gasteiger partial charge >= 0.3 is 0 Å². The highest BCUT2D eigenvalue weighted by atomic mass is 35.5. The summed E-state index contributed by atoms with van der Waals surface area (Å²) in [7, 11) is -3.79. The number of rotatable bonds is 12. The number of carbonyl (C=O) groups is 2. The summed E-state index contributed by atoms with van der Waals surface area (Å²) < 4.78 is 26.6. The van der Waals surface area contributed by atoms with Crippen molar-refractivity contribution in [3.63, 3.8) is 0 Å². The SMILES string of the molecule is CCCNC(=O)C(Cc1ccccc1)N(Cc1ccc(Cl)cc1)C(=O)CN(c1ccc(C)cc1)S(C)(=O)=O. The molecule has 0 fully saturated rings. The summed E-state index contributed by atoms with van der Waals surface area (Å²) in [5, 5.41) is 3.47. The first kappa shape index (κ1) is 29.2. The van der Waals surface area contributed by atoms with Crippen molar-refractivity contribution in [2.24, 2.45) is 0 Å². The average molecular weight is 556 g/mol. The maximum absolute atomic E-state index is 13.9.